The number of hydrogen-bond donors (Lipinski definition) is 0. The van der Waals surface area contributed by atoms with Crippen molar-refractivity contribution in [2.24, 2.45) is 17.8 Å². The van der Waals surface area contributed by atoms with E-state index in [9.17, 15) is 0 Å². The fourth-order valence-corrected chi connectivity index (χ4v) is 11.7. The largest absolute Gasteiger partial charge is 0.458 e. The molecule has 0 radical (unpaired) electrons. The molecule has 0 N–H and O–H groups in total. The van der Waals surface area contributed by atoms with Crippen molar-refractivity contribution in [2.75, 3.05) is 0 Å². The molecule has 2 rings (SSSR count). The summed E-state index contributed by atoms with van der Waals surface area (Å²) in [6.45, 7) is 9.59. The molecular weight excluding hydrogens is 288 g/mol. The Labute approximate surface area is 136 Å². The molecule has 0 aromatic carbocycles. The summed E-state index contributed by atoms with van der Waals surface area (Å²) in [5, 5.41) is 0. The van der Waals surface area contributed by atoms with Gasteiger partial charge in [-0.05, 0) is 50.0 Å². The summed E-state index contributed by atoms with van der Waals surface area (Å²) in [6.07, 6.45) is 15.1. The topological polar surface area (TPSA) is 9.23 Å². The molecule has 2 saturated carbocycles. The summed E-state index contributed by atoms with van der Waals surface area (Å²) < 4.78 is 6.53. The zero-order chi connectivity index (χ0) is 15.3. The van der Waals surface area contributed by atoms with Gasteiger partial charge in [-0.15, -0.1) is 0 Å². The predicted molar refractivity (Wildman–Crippen MR) is 98.9 cm³/mol. The molecule has 0 aliphatic heterocycles. The van der Waals surface area contributed by atoms with Crippen molar-refractivity contribution in [2.45, 2.75) is 96.4 Å². The average molecular weight is 327 g/mol. The second-order valence-corrected chi connectivity index (χ2v) is 16.0. The molecule has 2 aliphatic carbocycles. The fourth-order valence-electron chi connectivity index (χ4n) is 4.93. The first kappa shape index (κ1) is 17.7. The van der Waals surface area contributed by atoms with E-state index in [1.54, 1.807) is 0 Å². The van der Waals surface area contributed by atoms with Crippen molar-refractivity contribution in [3.63, 3.8) is 0 Å². The van der Waals surface area contributed by atoms with Gasteiger partial charge in [0.15, 0.2) is 17.4 Å². The van der Waals surface area contributed by atoms with Crippen LogP contribution in [0.15, 0.2) is 0 Å². The van der Waals surface area contributed by atoms with Crippen LogP contribution < -0.4 is 0 Å². The summed E-state index contributed by atoms with van der Waals surface area (Å²) in [7, 11) is -2.29. The van der Waals surface area contributed by atoms with Gasteiger partial charge in [0.2, 0.25) is 0 Å². The first-order chi connectivity index (χ1) is 9.96. The van der Waals surface area contributed by atoms with Gasteiger partial charge in [-0.25, -0.2) is 0 Å². The van der Waals surface area contributed by atoms with Crippen molar-refractivity contribution in [1.82, 2.24) is 0 Å². The van der Waals surface area contributed by atoms with Gasteiger partial charge in [0.25, 0.3) is 0 Å². The lowest BCUT2D eigenvalue weighted by molar-refractivity contribution is 0.156. The SMILES string of the molecule is C[SiH](CC(C1CCCCC1)C1CCCCC1)O[Si](C)(C)C. The Morgan fingerprint density at radius 3 is 1.67 bits per heavy atom. The van der Waals surface area contributed by atoms with Gasteiger partial charge in [-0.3, -0.25) is 0 Å². The van der Waals surface area contributed by atoms with Crippen molar-refractivity contribution in [3.8, 4) is 0 Å². The van der Waals surface area contributed by atoms with E-state index >= 15 is 0 Å². The summed E-state index contributed by atoms with van der Waals surface area (Å²) >= 11 is 0. The lowest BCUT2D eigenvalue weighted by atomic mass is 9.70. The highest BCUT2D eigenvalue weighted by atomic mass is 28.4. The predicted octanol–water partition coefficient (Wildman–Crippen LogP) is 5.97. The van der Waals surface area contributed by atoms with E-state index in [1.807, 2.05) is 0 Å². The Balaban J connectivity index is 1.96. The van der Waals surface area contributed by atoms with Crippen LogP contribution >= 0.6 is 0 Å². The van der Waals surface area contributed by atoms with Crippen LogP contribution in [-0.2, 0) is 4.12 Å². The third-order valence-corrected chi connectivity index (χ3v) is 11.3. The van der Waals surface area contributed by atoms with Crippen LogP contribution in [0.1, 0.15) is 64.2 Å². The molecule has 2 aliphatic rings. The van der Waals surface area contributed by atoms with Crippen LogP contribution in [0.4, 0.5) is 0 Å². The molecule has 0 spiro atoms. The molecule has 2 fully saturated rings. The second kappa shape index (κ2) is 8.30. The lowest BCUT2D eigenvalue weighted by Crippen LogP contribution is -2.37. The first-order valence-corrected chi connectivity index (χ1v) is 15.5. The van der Waals surface area contributed by atoms with Crippen LogP contribution in [0.5, 0.6) is 0 Å². The highest BCUT2D eigenvalue weighted by molar-refractivity contribution is 6.77. The number of rotatable bonds is 6. The minimum absolute atomic E-state index is 0.965. The first-order valence-electron chi connectivity index (χ1n) is 9.63. The van der Waals surface area contributed by atoms with E-state index in [0.29, 0.717) is 0 Å². The van der Waals surface area contributed by atoms with Gasteiger partial charge in [-0.1, -0.05) is 64.2 Å². The number of hydrogen-bond acceptors (Lipinski definition) is 1. The quantitative estimate of drug-likeness (QED) is 0.546. The molecular formula is C18H38OSi2. The highest BCUT2D eigenvalue weighted by Gasteiger charge is 2.33. The van der Waals surface area contributed by atoms with Crippen LogP contribution in [-0.4, -0.2) is 17.4 Å². The molecule has 1 atom stereocenters. The van der Waals surface area contributed by atoms with E-state index in [-0.39, 0.29) is 0 Å². The van der Waals surface area contributed by atoms with E-state index in [0.717, 1.165) is 17.8 Å². The molecule has 124 valence electrons. The van der Waals surface area contributed by atoms with Crippen LogP contribution in [0.25, 0.3) is 0 Å². The van der Waals surface area contributed by atoms with E-state index in [4.69, 9.17) is 4.12 Å². The molecule has 3 heteroatoms. The monoisotopic (exact) mass is 326 g/mol. The molecule has 1 nitrogen and oxygen atoms in total. The Morgan fingerprint density at radius 2 is 1.29 bits per heavy atom. The Hall–Kier alpha value is 0.394. The van der Waals surface area contributed by atoms with E-state index in [1.165, 1.54) is 70.3 Å². The normalized spacial score (nSPS) is 24.4. The van der Waals surface area contributed by atoms with Crippen molar-refractivity contribution < 1.29 is 4.12 Å². The van der Waals surface area contributed by atoms with E-state index < -0.39 is 17.4 Å². The summed E-state index contributed by atoms with van der Waals surface area (Å²) in [5.41, 5.74) is 0. The zero-order valence-corrected chi connectivity index (χ0v) is 17.2. The van der Waals surface area contributed by atoms with Crippen molar-refractivity contribution in [1.29, 1.82) is 0 Å². The minimum atomic E-state index is -1.32. The molecule has 21 heavy (non-hydrogen) atoms. The van der Waals surface area contributed by atoms with Gasteiger partial charge in [0.1, 0.15) is 0 Å². The van der Waals surface area contributed by atoms with Gasteiger partial charge in [-0.2, -0.15) is 0 Å². The molecule has 0 saturated heterocycles. The molecule has 0 bridgehead atoms. The maximum absolute atomic E-state index is 6.53. The van der Waals surface area contributed by atoms with Gasteiger partial charge >= 0.3 is 0 Å². The van der Waals surface area contributed by atoms with Crippen LogP contribution in [0, 0.1) is 17.8 Å². The third kappa shape index (κ3) is 6.19. The standard InChI is InChI=1S/C18H38OSi2/c1-20(19-21(2,3)4)15-18(16-11-7-5-8-12-16)17-13-9-6-10-14-17/h16-18,20H,5-15H2,1-4H3. The minimum Gasteiger partial charge on any atom is -0.458 e. The fraction of sp³-hybridized carbons (Fsp3) is 1.00. The highest BCUT2D eigenvalue weighted by Crippen LogP contribution is 2.42. The van der Waals surface area contributed by atoms with Crippen molar-refractivity contribution in [3.05, 3.63) is 0 Å². The molecule has 0 aromatic rings. The summed E-state index contributed by atoms with van der Waals surface area (Å²) in [4.78, 5) is 0. The maximum atomic E-state index is 6.53. The zero-order valence-electron chi connectivity index (χ0n) is 15.0. The van der Waals surface area contributed by atoms with Gasteiger partial charge in [0.05, 0.1) is 0 Å². The third-order valence-electron chi connectivity index (χ3n) is 5.67. The molecule has 1 unspecified atom stereocenters. The maximum Gasteiger partial charge on any atom is 0.170 e. The Morgan fingerprint density at radius 1 is 0.857 bits per heavy atom. The van der Waals surface area contributed by atoms with Crippen LogP contribution in [0.2, 0.25) is 32.2 Å². The van der Waals surface area contributed by atoms with E-state index in [2.05, 4.69) is 26.2 Å². The van der Waals surface area contributed by atoms with Crippen LogP contribution in [0.3, 0.4) is 0 Å². The average Bonchev–Trinajstić information content (AvgIpc) is 2.45. The molecule has 0 amide bonds. The van der Waals surface area contributed by atoms with Crippen molar-refractivity contribution >= 4 is 17.4 Å². The lowest BCUT2D eigenvalue weighted by Gasteiger charge is -2.39. The van der Waals surface area contributed by atoms with Gasteiger partial charge in [0, 0.05) is 0 Å². The molecule has 0 heterocycles. The Kier molecular flexibility index (Phi) is 7.02. The summed E-state index contributed by atoms with van der Waals surface area (Å²) in [6, 6.07) is 1.47. The molecule has 0 aromatic heterocycles. The summed E-state index contributed by atoms with van der Waals surface area (Å²) in [5.74, 6) is 3.10. The Bertz CT molecular complexity index is 270. The smallest absolute Gasteiger partial charge is 0.170 e. The van der Waals surface area contributed by atoms with Gasteiger partial charge < -0.3 is 4.12 Å². The second-order valence-electron chi connectivity index (χ2n) is 8.74.